The van der Waals surface area contributed by atoms with Crippen LogP contribution in [-0.4, -0.2) is 11.1 Å². The molecule has 206 valence electrons. The molecule has 0 aromatic carbocycles. The van der Waals surface area contributed by atoms with Gasteiger partial charge in [0.25, 0.3) is 0 Å². The molecule has 2 heteroatoms. The lowest BCUT2D eigenvalue weighted by molar-refractivity contribution is -0.192. The highest BCUT2D eigenvalue weighted by Crippen LogP contribution is 2.75. The summed E-state index contributed by atoms with van der Waals surface area (Å²) in [6, 6.07) is 0. The molecule has 36 heavy (non-hydrogen) atoms. The third-order valence-electron chi connectivity index (χ3n) is 13.5. The van der Waals surface area contributed by atoms with Gasteiger partial charge in [0, 0.05) is 5.57 Å². The fourth-order valence-corrected chi connectivity index (χ4v) is 11.2. The summed E-state index contributed by atoms with van der Waals surface area (Å²) in [4.78, 5) is 11.8. The predicted octanol–water partition coefficient (Wildman–Crippen LogP) is 9.78. The highest BCUT2D eigenvalue weighted by molar-refractivity contribution is 5.85. The second-order valence-electron chi connectivity index (χ2n) is 15.8. The molecule has 1 N–H and O–H groups in total. The zero-order valence-electron chi connectivity index (χ0n) is 25.3. The van der Waals surface area contributed by atoms with Crippen molar-refractivity contribution >= 4 is 5.97 Å². The van der Waals surface area contributed by atoms with Gasteiger partial charge in [-0.3, -0.25) is 0 Å². The molecule has 0 aliphatic heterocycles. The summed E-state index contributed by atoms with van der Waals surface area (Å²) in [5.41, 5.74) is 2.02. The Morgan fingerprint density at radius 2 is 1.53 bits per heavy atom. The summed E-state index contributed by atoms with van der Waals surface area (Å²) in [6.07, 6.45) is 17.0. The standard InChI is InChI=1S/C34H58O2/c1-22(2)11-10-12-23(3)26-16-19-33(8)27-13-14-29-31(5,6)18-15-25(21-24(4)30(35)36)34(29,9)28(27)17-20-32(26,33)7/h21-23,25-29H,10-20H2,1-9H3,(H,35,36)/t23-,25?,26-,27?,28?,29+,32-,33+,34-/m1/s1. The van der Waals surface area contributed by atoms with Crippen LogP contribution in [0.2, 0.25) is 0 Å². The zero-order valence-corrected chi connectivity index (χ0v) is 25.3. The van der Waals surface area contributed by atoms with E-state index in [4.69, 9.17) is 0 Å². The van der Waals surface area contributed by atoms with Gasteiger partial charge in [0.05, 0.1) is 0 Å². The summed E-state index contributed by atoms with van der Waals surface area (Å²) < 4.78 is 0. The van der Waals surface area contributed by atoms with Crippen molar-refractivity contribution < 1.29 is 9.90 Å². The maximum atomic E-state index is 11.8. The van der Waals surface area contributed by atoms with Gasteiger partial charge < -0.3 is 5.11 Å². The fraction of sp³-hybridized carbons (Fsp3) is 0.912. The molecule has 0 radical (unpaired) electrons. The molecule has 4 aliphatic rings. The fourth-order valence-electron chi connectivity index (χ4n) is 11.2. The number of hydrogen-bond acceptors (Lipinski definition) is 1. The van der Waals surface area contributed by atoms with Crippen molar-refractivity contribution in [3.05, 3.63) is 11.6 Å². The van der Waals surface area contributed by atoms with Gasteiger partial charge in [-0.05, 0) is 121 Å². The van der Waals surface area contributed by atoms with E-state index in [1.54, 1.807) is 0 Å². The van der Waals surface area contributed by atoms with E-state index in [2.05, 4.69) is 61.5 Å². The van der Waals surface area contributed by atoms with E-state index < -0.39 is 5.97 Å². The van der Waals surface area contributed by atoms with Gasteiger partial charge in [-0.1, -0.05) is 80.7 Å². The van der Waals surface area contributed by atoms with Crippen LogP contribution in [0.5, 0.6) is 0 Å². The first-order valence-corrected chi connectivity index (χ1v) is 15.6. The lowest BCUT2D eigenvalue weighted by atomic mass is 9.36. The van der Waals surface area contributed by atoms with Crippen LogP contribution < -0.4 is 0 Å². The summed E-state index contributed by atoms with van der Waals surface area (Å²) in [6.45, 7) is 22.2. The van der Waals surface area contributed by atoms with E-state index in [0.29, 0.717) is 33.7 Å². The van der Waals surface area contributed by atoms with E-state index in [1.165, 1.54) is 64.2 Å². The minimum Gasteiger partial charge on any atom is -0.478 e. The van der Waals surface area contributed by atoms with Gasteiger partial charge in [-0.25, -0.2) is 4.79 Å². The van der Waals surface area contributed by atoms with Gasteiger partial charge >= 0.3 is 5.97 Å². The highest BCUT2D eigenvalue weighted by atomic mass is 16.4. The molecule has 4 saturated carbocycles. The first kappa shape index (κ1) is 28.2. The Labute approximate surface area is 223 Å². The Balaban J connectivity index is 1.65. The van der Waals surface area contributed by atoms with E-state index in [0.717, 1.165) is 36.0 Å². The summed E-state index contributed by atoms with van der Waals surface area (Å²) in [7, 11) is 0. The Hall–Kier alpha value is -0.790. The third kappa shape index (κ3) is 4.33. The van der Waals surface area contributed by atoms with Crippen LogP contribution in [0.1, 0.15) is 133 Å². The molecule has 2 nitrogen and oxygen atoms in total. The van der Waals surface area contributed by atoms with Crippen molar-refractivity contribution in [1.82, 2.24) is 0 Å². The molecule has 0 spiro atoms. The number of hydrogen-bond donors (Lipinski definition) is 1. The minimum atomic E-state index is -0.736. The molecular formula is C34H58O2. The first-order valence-electron chi connectivity index (χ1n) is 15.6. The van der Waals surface area contributed by atoms with Crippen molar-refractivity contribution in [3.63, 3.8) is 0 Å². The van der Waals surface area contributed by atoms with Crippen LogP contribution in [0.3, 0.4) is 0 Å². The van der Waals surface area contributed by atoms with Crippen LogP contribution in [0.15, 0.2) is 11.6 Å². The third-order valence-corrected chi connectivity index (χ3v) is 13.5. The lowest BCUT2D eigenvalue weighted by Crippen LogP contribution is -2.61. The van der Waals surface area contributed by atoms with Gasteiger partial charge in [0.2, 0.25) is 0 Å². The molecule has 0 amide bonds. The summed E-state index contributed by atoms with van der Waals surface area (Å²) >= 11 is 0. The van der Waals surface area contributed by atoms with Crippen molar-refractivity contribution in [3.8, 4) is 0 Å². The number of fused-ring (bicyclic) bond motifs is 5. The Kier molecular flexibility index (Phi) is 7.64. The summed E-state index contributed by atoms with van der Waals surface area (Å²) in [5.74, 6) is 4.41. The molecule has 0 heterocycles. The second-order valence-corrected chi connectivity index (χ2v) is 15.8. The van der Waals surface area contributed by atoms with E-state index in [9.17, 15) is 9.90 Å². The minimum absolute atomic E-state index is 0.215. The number of aliphatic carboxylic acids is 1. The smallest absolute Gasteiger partial charge is 0.330 e. The van der Waals surface area contributed by atoms with Crippen LogP contribution in [0.4, 0.5) is 0 Å². The number of rotatable bonds is 7. The van der Waals surface area contributed by atoms with E-state index in [1.807, 2.05) is 6.92 Å². The van der Waals surface area contributed by atoms with Crippen LogP contribution in [0, 0.1) is 63.1 Å². The van der Waals surface area contributed by atoms with Gasteiger partial charge in [-0.15, -0.1) is 0 Å². The first-order chi connectivity index (χ1) is 16.7. The molecule has 0 aromatic heterocycles. The maximum absolute atomic E-state index is 11.8. The SMILES string of the molecule is CC(=CC1CCC(C)(C)[C@@H]2CCC3C(CC[C@]4(C)[C@@H]([C@H](C)CCCC(C)C)CC[C@@]34C)[C@@]12C)C(=O)O. The predicted molar refractivity (Wildman–Crippen MR) is 152 cm³/mol. The van der Waals surface area contributed by atoms with Crippen molar-refractivity contribution in [2.45, 2.75) is 133 Å². The monoisotopic (exact) mass is 498 g/mol. The Bertz CT molecular complexity index is 853. The number of carboxylic acid groups (broad SMARTS) is 1. The molecular weight excluding hydrogens is 440 g/mol. The second kappa shape index (κ2) is 9.75. The van der Waals surface area contributed by atoms with Crippen LogP contribution in [0.25, 0.3) is 0 Å². The maximum Gasteiger partial charge on any atom is 0.330 e. The zero-order chi connectivity index (χ0) is 26.7. The molecule has 9 atom stereocenters. The normalized spacial score (nSPS) is 45.1. The molecule has 4 rings (SSSR count). The van der Waals surface area contributed by atoms with Crippen molar-refractivity contribution in [2.75, 3.05) is 0 Å². The topological polar surface area (TPSA) is 37.3 Å². The molecule has 4 aliphatic carbocycles. The quantitative estimate of drug-likeness (QED) is 0.355. The molecule has 0 bridgehead atoms. The van der Waals surface area contributed by atoms with Crippen LogP contribution in [-0.2, 0) is 4.79 Å². The molecule has 3 unspecified atom stereocenters. The van der Waals surface area contributed by atoms with Gasteiger partial charge in [0.1, 0.15) is 0 Å². The lowest BCUT2D eigenvalue weighted by Gasteiger charge is -2.68. The van der Waals surface area contributed by atoms with Crippen molar-refractivity contribution in [2.24, 2.45) is 63.1 Å². The number of carbonyl (C=O) groups is 1. The number of carboxylic acids is 1. The molecule has 0 aromatic rings. The Morgan fingerprint density at radius 1 is 0.861 bits per heavy atom. The molecule has 0 saturated heterocycles. The van der Waals surface area contributed by atoms with Crippen molar-refractivity contribution in [1.29, 1.82) is 0 Å². The van der Waals surface area contributed by atoms with E-state index >= 15 is 0 Å². The largest absolute Gasteiger partial charge is 0.478 e. The average Bonchev–Trinajstić information content (AvgIpc) is 3.06. The summed E-state index contributed by atoms with van der Waals surface area (Å²) in [5, 5.41) is 9.73. The number of allylic oxidation sites excluding steroid dienone is 1. The average molecular weight is 499 g/mol. The van der Waals surface area contributed by atoms with Gasteiger partial charge in [0.15, 0.2) is 0 Å². The van der Waals surface area contributed by atoms with E-state index in [-0.39, 0.29) is 5.41 Å². The Morgan fingerprint density at radius 3 is 2.17 bits per heavy atom. The van der Waals surface area contributed by atoms with Crippen LogP contribution >= 0.6 is 0 Å². The highest BCUT2D eigenvalue weighted by Gasteiger charge is 2.68. The molecule has 4 fully saturated rings. The van der Waals surface area contributed by atoms with Gasteiger partial charge in [-0.2, -0.15) is 0 Å².